The molecule has 1 N–H and O–H groups in total. The highest BCUT2D eigenvalue weighted by Gasteiger charge is 2.36. The fraction of sp³-hybridized carbons (Fsp3) is 0.462. The maximum absolute atomic E-state index is 11.1. The van der Waals surface area contributed by atoms with Gasteiger partial charge in [-0.2, -0.15) is 0 Å². The second-order valence-corrected chi connectivity index (χ2v) is 4.55. The van der Waals surface area contributed by atoms with Crippen LogP contribution in [0.5, 0.6) is 0 Å². The molecule has 0 aliphatic carbocycles. The summed E-state index contributed by atoms with van der Waals surface area (Å²) in [7, 11) is 1.43. The van der Waals surface area contributed by atoms with E-state index in [0.717, 1.165) is 11.1 Å². The molecule has 0 saturated carbocycles. The van der Waals surface area contributed by atoms with Gasteiger partial charge in [0.05, 0.1) is 0 Å². The number of methoxy groups -OCH3 is 1. The summed E-state index contributed by atoms with van der Waals surface area (Å²) < 4.78 is 5.07. The lowest BCUT2D eigenvalue weighted by Gasteiger charge is -2.31. The molecule has 0 aromatic heterocycles. The highest BCUT2D eigenvalue weighted by Crippen LogP contribution is 2.29. The van der Waals surface area contributed by atoms with Crippen LogP contribution in [0.4, 0.5) is 0 Å². The average molecular weight is 222 g/mol. The average Bonchev–Trinajstić information content (AvgIpc) is 2.17. The second kappa shape index (κ2) is 4.66. The molecule has 3 heteroatoms. The number of carboxylic acids is 1. The highest BCUT2D eigenvalue weighted by atomic mass is 16.5. The summed E-state index contributed by atoms with van der Waals surface area (Å²) in [5.74, 6) is -0.936. The zero-order valence-corrected chi connectivity index (χ0v) is 10.2. The Labute approximate surface area is 96.1 Å². The van der Waals surface area contributed by atoms with Crippen LogP contribution in [-0.2, 0) is 14.9 Å². The molecular formula is C13H18O3. The zero-order chi connectivity index (χ0) is 12.3. The molecule has 0 aliphatic heterocycles. The molecule has 1 rings (SSSR count). The molecule has 0 amide bonds. The molecule has 0 radical (unpaired) electrons. The minimum atomic E-state index is -0.936. The largest absolute Gasteiger partial charge is 0.479 e. The van der Waals surface area contributed by atoms with Crippen LogP contribution in [0.15, 0.2) is 24.3 Å². The molecule has 0 fully saturated rings. The molecule has 16 heavy (non-hydrogen) atoms. The van der Waals surface area contributed by atoms with E-state index in [1.165, 1.54) is 7.11 Å². The van der Waals surface area contributed by atoms with Gasteiger partial charge in [0.2, 0.25) is 0 Å². The van der Waals surface area contributed by atoms with Crippen molar-refractivity contribution < 1.29 is 14.6 Å². The third-order valence-electron chi connectivity index (χ3n) is 2.88. The molecule has 0 aliphatic rings. The van der Waals surface area contributed by atoms with Crippen molar-refractivity contribution in [1.82, 2.24) is 0 Å². The van der Waals surface area contributed by atoms with Crippen molar-refractivity contribution in [2.24, 2.45) is 0 Å². The van der Waals surface area contributed by atoms with Crippen molar-refractivity contribution >= 4 is 5.97 Å². The van der Waals surface area contributed by atoms with Gasteiger partial charge in [-0.3, -0.25) is 0 Å². The lowest BCUT2D eigenvalue weighted by Crippen LogP contribution is -2.41. The quantitative estimate of drug-likeness (QED) is 0.850. The first-order chi connectivity index (χ1) is 7.39. The van der Waals surface area contributed by atoms with Crippen LogP contribution in [0, 0.1) is 6.92 Å². The summed E-state index contributed by atoms with van der Waals surface area (Å²) >= 11 is 0. The fourth-order valence-electron chi connectivity index (χ4n) is 1.90. The third kappa shape index (κ3) is 2.42. The first kappa shape index (κ1) is 12.7. The number of carbonyl (C=O) groups is 1. The van der Waals surface area contributed by atoms with Crippen molar-refractivity contribution in [2.75, 3.05) is 7.11 Å². The van der Waals surface area contributed by atoms with E-state index in [1.54, 1.807) is 0 Å². The predicted octanol–water partition coefficient (Wildman–Crippen LogP) is 2.37. The Bertz CT molecular complexity index is 383. The van der Waals surface area contributed by atoms with Gasteiger partial charge in [-0.05, 0) is 12.5 Å². The number of carboxylic acid groups (broad SMARTS) is 1. The molecule has 0 spiro atoms. The standard InChI is InChI=1S/C13H18O3/c1-9-6-5-7-10(8-9)13(2,3)11(16-4)12(14)15/h5-8,11H,1-4H3,(H,14,15). The minimum absolute atomic E-state index is 0.549. The van der Waals surface area contributed by atoms with Crippen LogP contribution in [0.1, 0.15) is 25.0 Å². The van der Waals surface area contributed by atoms with Crippen LogP contribution in [0.3, 0.4) is 0 Å². The van der Waals surface area contributed by atoms with Crippen LogP contribution in [-0.4, -0.2) is 24.3 Å². The van der Waals surface area contributed by atoms with Crippen molar-refractivity contribution in [3.63, 3.8) is 0 Å². The highest BCUT2D eigenvalue weighted by molar-refractivity contribution is 5.74. The molecule has 88 valence electrons. The number of aryl methyl sites for hydroxylation is 1. The summed E-state index contributed by atoms with van der Waals surface area (Å²) in [4.78, 5) is 11.1. The monoisotopic (exact) mass is 222 g/mol. The summed E-state index contributed by atoms with van der Waals surface area (Å²) in [6.45, 7) is 5.75. The molecule has 1 unspecified atom stereocenters. The molecule has 0 saturated heterocycles. The molecule has 1 aromatic rings. The number of benzene rings is 1. The minimum Gasteiger partial charge on any atom is -0.479 e. The smallest absolute Gasteiger partial charge is 0.333 e. The maximum atomic E-state index is 11.1. The van der Waals surface area contributed by atoms with E-state index in [9.17, 15) is 4.79 Å². The Morgan fingerprint density at radius 1 is 1.44 bits per heavy atom. The van der Waals surface area contributed by atoms with E-state index >= 15 is 0 Å². The van der Waals surface area contributed by atoms with Gasteiger partial charge in [0.1, 0.15) is 0 Å². The number of hydrogen-bond donors (Lipinski definition) is 1. The van der Waals surface area contributed by atoms with Crippen molar-refractivity contribution in [3.8, 4) is 0 Å². The Morgan fingerprint density at radius 2 is 2.06 bits per heavy atom. The van der Waals surface area contributed by atoms with Crippen molar-refractivity contribution in [2.45, 2.75) is 32.3 Å². The third-order valence-corrected chi connectivity index (χ3v) is 2.88. The van der Waals surface area contributed by atoms with E-state index < -0.39 is 17.5 Å². The maximum Gasteiger partial charge on any atom is 0.333 e. The Kier molecular flexibility index (Phi) is 3.70. The van der Waals surface area contributed by atoms with Crippen LogP contribution >= 0.6 is 0 Å². The summed E-state index contributed by atoms with van der Waals surface area (Å²) in [5.41, 5.74) is 1.54. The van der Waals surface area contributed by atoms with Gasteiger partial charge in [0.25, 0.3) is 0 Å². The first-order valence-corrected chi connectivity index (χ1v) is 5.22. The van der Waals surface area contributed by atoms with E-state index in [4.69, 9.17) is 9.84 Å². The summed E-state index contributed by atoms with van der Waals surface area (Å²) in [6.07, 6.45) is -0.839. The summed E-state index contributed by atoms with van der Waals surface area (Å²) in [6, 6.07) is 7.85. The fourth-order valence-corrected chi connectivity index (χ4v) is 1.90. The molecule has 1 aromatic carbocycles. The SMILES string of the molecule is COC(C(=O)O)C(C)(C)c1cccc(C)c1. The first-order valence-electron chi connectivity index (χ1n) is 5.22. The van der Waals surface area contributed by atoms with Gasteiger partial charge >= 0.3 is 5.97 Å². The van der Waals surface area contributed by atoms with Crippen molar-refractivity contribution in [3.05, 3.63) is 35.4 Å². The number of aliphatic carboxylic acids is 1. The molecule has 1 atom stereocenters. The summed E-state index contributed by atoms with van der Waals surface area (Å²) in [5, 5.41) is 9.11. The van der Waals surface area contributed by atoms with Crippen molar-refractivity contribution in [1.29, 1.82) is 0 Å². The van der Waals surface area contributed by atoms with Gasteiger partial charge in [-0.1, -0.05) is 43.7 Å². The molecular weight excluding hydrogens is 204 g/mol. The van der Waals surface area contributed by atoms with Gasteiger partial charge in [-0.25, -0.2) is 4.79 Å². The zero-order valence-electron chi connectivity index (χ0n) is 10.2. The van der Waals surface area contributed by atoms with Crippen LogP contribution in [0.25, 0.3) is 0 Å². The Balaban J connectivity index is 3.13. The second-order valence-electron chi connectivity index (χ2n) is 4.55. The lowest BCUT2D eigenvalue weighted by molar-refractivity contribution is -0.152. The molecule has 0 heterocycles. The van der Waals surface area contributed by atoms with Gasteiger partial charge in [0.15, 0.2) is 6.10 Å². The number of hydrogen-bond acceptors (Lipinski definition) is 2. The van der Waals surface area contributed by atoms with Crippen LogP contribution < -0.4 is 0 Å². The molecule has 3 nitrogen and oxygen atoms in total. The normalized spacial score (nSPS) is 13.5. The van der Waals surface area contributed by atoms with E-state index in [0.29, 0.717) is 0 Å². The lowest BCUT2D eigenvalue weighted by atomic mass is 9.79. The Morgan fingerprint density at radius 3 is 2.50 bits per heavy atom. The van der Waals surface area contributed by atoms with E-state index in [-0.39, 0.29) is 0 Å². The molecule has 0 bridgehead atoms. The predicted molar refractivity (Wildman–Crippen MR) is 62.6 cm³/mol. The Hall–Kier alpha value is -1.35. The van der Waals surface area contributed by atoms with Gasteiger partial charge in [0, 0.05) is 12.5 Å². The van der Waals surface area contributed by atoms with E-state index in [2.05, 4.69) is 0 Å². The number of rotatable bonds is 4. The van der Waals surface area contributed by atoms with Gasteiger partial charge < -0.3 is 9.84 Å². The number of ether oxygens (including phenoxy) is 1. The van der Waals surface area contributed by atoms with Gasteiger partial charge in [-0.15, -0.1) is 0 Å². The topological polar surface area (TPSA) is 46.5 Å². The van der Waals surface area contributed by atoms with Crippen LogP contribution in [0.2, 0.25) is 0 Å². The van der Waals surface area contributed by atoms with E-state index in [1.807, 2.05) is 45.0 Å².